The monoisotopic (exact) mass is 602 g/mol. The van der Waals surface area contributed by atoms with Crippen molar-refractivity contribution >= 4 is 61.9 Å². The Morgan fingerprint density at radius 2 is 1.97 bits per heavy atom. The van der Waals surface area contributed by atoms with Crippen molar-refractivity contribution in [1.29, 1.82) is 0 Å². The van der Waals surface area contributed by atoms with Crippen LogP contribution in [0.25, 0.3) is 10.9 Å². The van der Waals surface area contributed by atoms with Crippen molar-refractivity contribution in [3.8, 4) is 5.75 Å². The summed E-state index contributed by atoms with van der Waals surface area (Å²) >= 11 is 15.5. The van der Waals surface area contributed by atoms with Gasteiger partial charge in [0.2, 0.25) is 5.75 Å². The average molecular weight is 604 g/mol. The van der Waals surface area contributed by atoms with Crippen molar-refractivity contribution in [2.24, 2.45) is 5.10 Å². The molecule has 0 radical (unpaired) electrons. The fourth-order valence-corrected chi connectivity index (χ4v) is 4.31. The zero-order chi connectivity index (χ0) is 26.7. The van der Waals surface area contributed by atoms with Gasteiger partial charge in [0.1, 0.15) is 12.4 Å². The molecule has 0 spiro atoms. The van der Waals surface area contributed by atoms with Crippen LogP contribution in [0.5, 0.6) is 5.75 Å². The molecular weight excluding hydrogens is 583 g/mol. The van der Waals surface area contributed by atoms with Crippen LogP contribution in [0.1, 0.15) is 43.1 Å². The quantitative estimate of drug-likeness (QED) is 0.119. The van der Waals surface area contributed by atoms with Crippen LogP contribution in [0, 0.1) is 10.1 Å². The minimum atomic E-state index is -0.534. The maximum absolute atomic E-state index is 13.4. The number of hydrogen-bond donors (Lipinski definition) is 0. The maximum Gasteiger partial charge on any atom is 0.311 e. The Hall–Kier alpha value is -3.27. The van der Waals surface area contributed by atoms with Gasteiger partial charge in [-0.2, -0.15) is 9.78 Å². The summed E-state index contributed by atoms with van der Waals surface area (Å²) in [5.74, 6) is 0.438. The SMILES string of the molecule is CC[C@H](C)c1nc2ccc(Br)cc2c(=O)n1N=Cc1cccc([N+](=O)[O-])c1OCc1ccc(Cl)c(Cl)c1. The Kier molecular flexibility index (Phi) is 8.26. The summed E-state index contributed by atoms with van der Waals surface area (Å²) < 4.78 is 7.85. The first-order chi connectivity index (χ1) is 17.7. The van der Waals surface area contributed by atoms with Gasteiger partial charge in [0.25, 0.3) is 5.56 Å². The fraction of sp³-hybridized carbons (Fsp3) is 0.192. The molecule has 4 aromatic rings. The summed E-state index contributed by atoms with van der Waals surface area (Å²) in [5, 5.41) is 17.3. The molecule has 0 amide bonds. The maximum atomic E-state index is 13.4. The normalized spacial score (nSPS) is 12.2. The van der Waals surface area contributed by atoms with Crippen LogP contribution < -0.4 is 10.3 Å². The highest BCUT2D eigenvalue weighted by Gasteiger charge is 2.20. The van der Waals surface area contributed by atoms with Crippen LogP contribution in [0.15, 0.2) is 69.0 Å². The molecule has 0 aliphatic heterocycles. The van der Waals surface area contributed by atoms with E-state index >= 15 is 0 Å². The Balaban J connectivity index is 1.79. The van der Waals surface area contributed by atoms with Gasteiger partial charge in [0, 0.05) is 22.0 Å². The van der Waals surface area contributed by atoms with E-state index in [-0.39, 0.29) is 29.5 Å². The lowest BCUT2D eigenvalue weighted by molar-refractivity contribution is -0.385. The van der Waals surface area contributed by atoms with E-state index in [1.54, 1.807) is 36.4 Å². The van der Waals surface area contributed by atoms with Gasteiger partial charge in [0.05, 0.1) is 32.1 Å². The average Bonchev–Trinajstić information content (AvgIpc) is 2.88. The number of para-hydroxylation sites is 1. The molecule has 11 heteroatoms. The Morgan fingerprint density at radius 3 is 2.68 bits per heavy atom. The molecule has 190 valence electrons. The number of ether oxygens (including phenoxy) is 1. The van der Waals surface area contributed by atoms with Gasteiger partial charge < -0.3 is 4.74 Å². The molecule has 0 saturated carbocycles. The lowest BCUT2D eigenvalue weighted by Crippen LogP contribution is -2.23. The fourth-order valence-electron chi connectivity index (χ4n) is 3.63. The number of rotatable bonds is 8. The van der Waals surface area contributed by atoms with Gasteiger partial charge in [-0.3, -0.25) is 14.9 Å². The molecule has 0 bridgehead atoms. The molecule has 0 aliphatic carbocycles. The molecule has 37 heavy (non-hydrogen) atoms. The Labute approximate surface area is 230 Å². The van der Waals surface area contributed by atoms with Gasteiger partial charge in [0.15, 0.2) is 0 Å². The van der Waals surface area contributed by atoms with Gasteiger partial charge in [-0.1, -0.05) is 65.1 Å². The molecule has 0 unspecified atom stereocenters. The Morgan fingerprint density at radius 1 is 1.19 bits per heavy atom. The lowest BCUT2D eigenvalue weighted by Gasteiger charge is -2.14. The number of nitro groups is 1. The standard InChI is InChI=1S/C26H21BrCl2N4O4/c1-3-15(2)25-31-22-10-8-18(27)12-19(22)26(34)32(25)30-13-17-5-4-6-23(33(35)36)24(17)37-14-16-7-9-20(28)21(29)11-16/h4-13,15H,3,14H2,1-2H3/t15-/m0/s1. The molecule has 0 N–H and O–H groups in total. The molecule has 8 nitrogen and oxygen atoms in total. The van der Waals surface area contributed by atoms with Gasteiger partial charge >= 0.3 is 5.69 Å². The van der Waals surface area contributed by atoms with Crippen LogP contribution in [-0.2, 0) is 6.61 Å². The number of fused-ring (bicyclic) bond motifs is 1. The summed E-state index contributed by atoms with van der Waals surface area (Å²) in [6.45, 7) is 3.95. The topological polar surface area (TPSA) is 99.6 Å². The summed E-state index contributed by atoms with van der Waals surface area (Å²) in [6, 6.07) is 14.7. The minimum Gasteiger partial charge on any atom is -0.481 e. The van der Waals surface area contributed by atoms with E-state index in [4.69, 9.17) is 27.9 Å². The molecule has 0 fully saturated rings. The second-order valence-corrected chi connectivity index (χ2v) is 10.0. The van der Waals surface area contributed by atoms with E-state index < -0.39 is 4.92 Å². The number of hydrogen-bond acceptors (Lipinski definition) is 6. The molecule has 1 heterocycles. The lowest BCUT2D eigenvalue weighted by atomic mass is 10.1. The first-order valence-electron chi connectivity index (χ1n) is 11.3. The highest BCUT2D eigenvalue weighted by atomic mass is 79.9. The number of nitrogens with zero attached hydrogens (tertiary/aromatic N) is 4. The molecular formula is C26H21BrCl2N4O4. The van der Waals surface area contributed by atoms with Crippen molar-refractivity contribution in [2.75, 3.05) is 0 Å². The molecule has 0 saturated heterocycles. The van der Waals surface area contributed by atoms with Crippen molar-refractivity contribution in [1.82, 2.24) is 9.66 Å². The van der Waals surface area contributed by atoms with E-state index in [0.29, 0.717) is 37.9 Å². The summed E-state index contributed by atoms with van der Waals surface area (Å²) in [7, 11) is 0. The third kappa shape index (κ3) is 5.84. The first kappa shape index (κ1) is 26.8. The van der Waals surface area contributed by atoms with Crippen molar-refractivity contribution in [3.05, 3.63) is 107 Å². The first-order valence-corrected chi connectivity index (χ1v) is 12.8. The molecule has 3 aromatic carbocycles. The third-order valence-electron chi connectivity index (χ3n) is 5.79. The van der Waals surface area contributed by atoms with Crippen molar-refractivity contribution in [3.63, 3.8) is 0 Å². The van der Waals surface area contributed by atoms with Crippen LogP contribution in [0.3, 0.4) is 0 Å². The van der Waals surface area contributed by atoms with Crippen LogP contribution in [-0.4, -0.2) is 20.8 Å². The minimum absolute atomic E-state index is 0.00616. The third-order valence-corrected chi connectivity index (χ3v) is 7.02. The summed E-state index contributed by atoms with van der Waals surface area (Å²) in [4.78, 5) is 29.3. The largest absolute Gasteiger partial charge is 0.481 e. The van der Waals surface area contributed by atoms with Crippen LogP contribution in [0.2, 0.25) is 10.0 Å². The summed E-state index contributed by atoms with van der Waals surface area (Å²) in [6.07, 6.45) is 2.11. The molecule has 4 rings (SSSR count). The molecule has 1 aromatic heterocycles. The number of nitro benzene ring substituents is 1. The van der Waals surface area contributed by atoms with Crippen LogP contribution in [0.4, 0.5) is 5.69 Å². The predicted octanol–water partition coefficient (Wildman–Crippen LogP) is 7.35. The molecule has 0 aliphatic rings. The van der Waals surface area contributed by atoms with E-state index in [1.165, 1.54) is 23.0 Å². The van der Waals surface area contributed by atoms with Crippen LogP contribution >= 0.6 is 39.1 Å². The highest BCUT2D eigenvalue weighted by molar-refractivity contribution is 9.10. The van der Waals surface area contributed by atoms with E-state index in [9.17, 15) is 14.9 Å². The number of aromatic nitrogens is 2. The van der Waals surface area contributed by atoms with Crippen molar-refractivity contribution < 1.29 is 9.66 Å². The Bertz CT molecular complexity index is 1590. The molecule has 1 atom stereocenters. The second kappa shape index (κ2) is 11.4. The van der Waals surface area contributed by atoms with Gasteiger partial charge in [-0.05, 0) is 48.4 Å². The van der Waals surface area contributed by atoms with E-state index in [0.717, 1.165) is 10.9 Å². The van der Waals surface area contributed by atoms with Gasteiger partial charge in [-0.25, -0.2) is 4.98 Å². The van der Waals surface area contributed by atoms with Gasteiger partial charge in [-0.15, -0.1) is 0 Å². The summed E-state index contributed by atoms with van der Waals surface area (Å²) in [5.41, 5.74) is 0.984. The zero-order valence-electron chi connectivity index (χ0n) is 19.8. The number of benzene rings is 3. The predicted molar refractivity (Wildman–Crippen MR) is 149 cm³/mol. The van der Waals surface area contributed by atoms with Crippen molar-refractivity contribution in [2.45, 2.75) is 32.8 Å². The second-order valence-electron chi connectivity index (χ2n) is 8.29. The smallest absolute Gasteiger partial charge is 0.311 e. The highest BCUT2D eigenvalue weighted by Crippen LogP contribution is 2.32. The van der Waals surface area contributed by atoms with E-state index in [2.05, 4.69) is 26.0 Å². The number of halogens is 3. The zero-order valence-corrected chi connectivity index (χ0v) is 22.9. The van der Waals surface area contributed by atoms with E-state index in [1.807, 2.05) is 19.9 Å².